The number of para-hydroxylation sites is 1. The number of carbonyl (C=O) groups is 1. The molecule has 27 heavy (non-hydrogen) atoms. The van der Waals surface area contributed by atoms with Gasteiger partial charge in [-0.2, -0.15) is 0 Å². The molecule has 144 valence electrons. The van der Waals surface area contributed by atoms with Gasteiger partial charge in [0.1, 0.15) is 17.1 Å². The lowest BCUT2D eigenvalue weighted by atomic mass is 9.89. The van der Waals surface area contributed by atoms with Crippen molar-refractivity contribution < 1.29 is 14.3 Å². The van der Waals surface area contributed by atoms with Crippen LogP contribution in [0.4, 0.5) is 0 Å². The summed E-state index contributed by atoms with van der Waals surface area (Å²) < 4.78 is 11.9. The number of hydrogen-bond acceptors (Lipinski definition) is 3. The van der Waals surface area contributed by atoms with Gasteiger partial charge in [0.05, 0.1) is 6.04 Å². The number of ether oxygens (including phenoxy) is 2. The Bertz CT molecular complexity index is 826. The minimum absolute atomic E-state index is 0.00265. The zero-order valence-electron chi connectivity index (χ0n) is 16.8. The van der Waals surface area contributed by atoms with E-state index < -0.39 is 0 Å². The Morgan fingerprint density at radius 3 is 2.74 bits per heavy atom. The van der Waals surface area contributed by atoms with E-state index in [1.165, 1.54) is 0 Å². The predicted molar refractivity (Wildman–Crippen MR) is 107 cm³/mol. The highest BCUT2D eigenvalue weighted by molar-refractivity contribution is 5.78. The molecule has 0 spiro atoms. The molecule has 3 rings (SSSR count). The zero-order valence-corrected chi connectivity index (χ0v) is 16.8. The minimum atomic E-state index is -0.328. The van der Waals surface area contributed by atoms with Crippen LogP contribution >= 0.6 is 0 Å². The third-order valence-corrected chi connectivity index (χ3v) is 4.86. The van der Waals surface area contributed by atoms with E-state index in [2.05, 4.69) is 25.2 Å². The van der Waals surface area contributed by atoms with Crippen LogP contribution in [0.25, 0.3) is 0 Å². The summed E-state index contributed by atoms with van der Waals surface area (Å²) in [6.07, 6.45) is 0.720. The molecule has 0 bridgehead atoms. The van der Waals surface area contributed by atoms with Crippen LogP contribution in [0.15, 0.2) is 42.5 Å². The Kier molecular flexibility index (Phi) is 5.45. The summed E-state index contributed by atoms with van der Waals surface area (Å²) in [6.45, 7) is 10.4. The molecule has 4 nitrogen and oxygen atoms in total. The smallest absolute Gasteiger partial charge is 0.258 e. The van der Waals surface area contributed by atoms with Gasteiger partial charge in [0, 0.05) is 12.0 Å². The summed E-state index contributed by atoms with van der Waals surface area (Å²) in [5, 5.41) is 3.13. The van der Waals surface area contributed by atoms with Crippen LogP contribution in [-0.4, -0.2) is 18.1 Å². The van der Waals surface area contributed by atoms with E-state index in [9.17, 15) is 4.79 Å². The van der Waals surface area contributed by atoms with Crippen molar-refractivity contribution in [3.05, 3.63) is 59.2 Å². The van der Waals surface area contributed by atoms with Crippen LogP contribution < -0.4 is 14.8 Å². The van der Waals surface area contributed by atoms with Crippen molar-refractivity contribution in [3.8, 4) is 11.5 Å². The summed E-state index contributed by atoms with van der Waals surface area (Å²) >= 11 is 0. The summed E-state index contributed by atoms with van der Waals surface area (Å²) in [7, 11) is 0. The summed E-state index contributed by atoms with van der Waals surface area (Å²) in [5.74, 6) is 1.83. The lowest BCUT2D eigenvalue weighted by Gasteiger charge is -2.38. The van der Waals surface area contributed by atoms with Gasteiger partial charge in [0.15, 0.2) is 6.61 Å². The van der Waals surface area contributed by atoms with Crippen molar-refractivity contribution in [2.75, 3.05) is 6.61 Å². The molecule has 1 heterocycles. The molecule has 0 saturated carbocycles. The zero-order chi connectivity index (χ0) is 19.6. The van der Waals surface area contributed by atoms with Crippen LogP contribution in [-0.2, 0) is 4.79 Å². The number of benzene rings is 2. The van der Waals surface area contributed by atoms with Crippen LogP contribution in [0.1, 0.15) is 62.8 Å². The topological polar surface area (TPSA) is 47.6 Å². The highest BCUT2D eigenvalue weighted by Gasteiger charge is 2.34. The number of rotatable bonds is 5. The summed E-state index contributed by atoms with van der Waals surface area (Å²) in [5.41, 5.74) is 2.97. The number of aryl methyl sites for hydroxylation is 1. The van der Waals surface area contributed by atoms with Gasteiger partial charge >= 0.3 is 0 Å². The second-order valence-electron chi connectivity index (χ2n) is 8.21. The second-order valence-corrected chi connectivity index (χ2v) is 8.21. The maximum absolute atomic E-state index is 12.6. The monoisotopic (exact) mass is 367 g/mol. The molecular weight excluding hydrogens is 338 g/mol. The van der Waals surface area contributed by atoms with E-state index in [1.807, 2.05) is 57.2 Å². The van der Waals surface area contributed by atoms with E-state index in [0.29, 0.717) is 5.92 Å². The number of fused-ring (bicyclic) bond motifs is 1. The van der Waals surface area contributed by atoms with Crippen molar-refractivity contribution in [2.24, 2.45) is 0 Å². The number of carbonyl (C=O) groups excluding carboxylic acids is 1. The molecule has 0 aromatic heterocycles. The van der Waals surface area contributed by atoms with E-state index >= 15 is 0 Å². The molecule has 2 aromatic rings. The molecule has 0 unspecified atom stereocenters. The maximum atomic E-state index is 12.6. The van der Waals surface area contributed by atoms with Gasteiger partial charge < -0.3 is 14.8 Å². The average molecular weight is 367 g/mol. The lowest BCUT2D eigenvalue weighted by Crippen LogP contribution is -2.42. The first-order chi connectivity index (χ1) is 12.7. The number of amides is 1. The molecule has 1 amide bonds. The predicted octanol–water partition coefficient (Wildman–Crippen LogP) is 4.92. The fraction of sp³-hybridized carbons (Fsp3) is 0.435. The minimum Gasteiger partial charge on any atom is -0.487 e. The van der Waals surface area contributed by atoms with Gasteiger partial charge in [-0.25, -0.2) is 0 Å². The van der Waals surface area contributed by atoms with Crippen molar-refractivity contribution >= 4 is 5.91 Å². The van der Waals surface area contributed by atoms with Gasteiger partial charge in [-0.1, -0.05) is 49.7 Å². The van der Waals surface area contributed by atoms with Crippen LogP contribution in [0.5, 0.6) is 11.5 Å². The highest BCUT2D eigenvalue weighted by atomic mass is 16.5. The standard InChI is InChI=1S/C23H29NO3/c1-15(2)17-8-6-7-9-20(17)26-14-22(25)24-19-13-23(4,5)27-21-11-10-16(3)12-18(19)21/h6-12,15,19H,13-14H2,1-5H3,(H,24,25)/t19-/m0/s1. The molecule has 1 atom stereocenters. The fourth-order valence-electron chi connectivity index (χ4n) is 3.57. The number of nitrogens with one attached hydrogen (secondary N) is 1. The molecule has 1 aliphatic heterocycles. The molecule has 0 fully saturated rings. The number of hydrogen-bond donors (Lipinski definition) is 1. The highest BCUT2D eigenvalue weighted by Crippen LogP contribution is 2.39. The molecule has 1 aliphatic rings. The van der Waals surface area contributed by atoms with Gasteiger partial charge in [0.2, 0.25) is 0 Å². The van der Waals surface area contributed by atoms with E-state index in [4.69, 9.17) is 9.47 Å². The molecule has 1 N–H and O–H groups in total. The van der Waals surface area contributed by atoms with Gasteiger partial charge in [-0.05, 0) is 44.4 Å². The Labute approximate surface area is 161 Å². The van der Waals surface area contributed by atoms with E-state index in [-0.39, 0.29) is 24.2 Å². The van der Waals surface area contributed by atoms with Crippen molar-refractivity contribution in [1.29, 1.82) is 0 Å². The maximum Gasteiger partial charge on any atom is 0.258 e. The molecule has 4 heteroatoms. The van der Waals surface area contributed by atoms with E-state index in [0.717, 1.165) is 34.6 Å². The van der Waals surface area contributed by atoms with Crippen LogP contribution in [0, 0.1) is 6.92 Å². The Morgan fingerprint density at radius 1 is 1.26 bits per heavy atom. The largest absolute Gasteiger partial charge is 0.487 e. The Balaban J connectivity index is 1.70. The third-order valence-electron chi connectivity index (χ3n) is 4.86. The molecule has 2 aromatic carbocycles. The first kappa shape index (κ1) is 19.3. The van der Waals surface area contributed by atoms with Gasteiger partial charge in [-0.15, -0.1) is 0 Å². The van der Waals surface area contributed by atoms with Crippen molar-refractivity contribution in [1.82, 2.24) is 5.32 Å². The van der Waals surface area contributed by atoms with Crippen LogP contribution in [0.3, 0.4) is 0 Å². The molecular formula is C23H29NO3. The van der Waals surface area contributed by atoms with Crippen LogP contribution in [0.2, 0.25) is 0 Å². The average Bonchev–Trinajstić information content (AvgIpc) is 2.60. The third kappa shape index (κ3) is 4.62. The van der Waals surface area contributed by atoms with Gasteiger partial charge in [0.25, 0.3) is 5.91 Å². The first-order valence-corrected chi connectivity index (χ1v) is 9.56. The second kappa shape index (κ2) is 7.63. The molecule has 0 radical (unpaired) electrons. The van der Waals surface area contributed by atoms with E-state index in [1.54, 1.807) is 0 Å². The molecule has 0 saturated heterocycles. The summed E-state index contributed by atoms with van der Waals surface area (Å²) in [6, 6.07) is 13.9. The quantitative estimate of drug-likeness (QED) is 0.816. The normalized spacial score (nSPS) is 17.8. The van der Waals surface area contributed by atoms with Crippen molar-refractivity contribution in [3.63, 3.8) is 0 Å². The Hall–Kier alpha value is -2.49. The lowest BCUT2D eigenvalue weighted by molar-refractivity contribution is -0.124. The molecule has 0 aliphatic carbocycles. The van der Waals surface area contributed by atoms with Crippen molar-refractivity contribution in [2.45, 2.75) is 58.6 Å². The Morgan fingerprint density at radius 2 is 2.00 bits per heavy atom. The first-order valence-electron chi connectivity index (χ1n) is 9.56. The summed E-state index contributed by atoms with van der Waals surface area (Å²) in [4.78, 5) is 12.6. The SMILES string of the molecule is Cc1ccc2c(c1)[C@@H](NC(=O)COc1ccccc1C(C)C)CC(C)(C)O2. The van der Waals surface area contributed by atoms with Gasteiger partial charge in [-0.3, -0.25) is 4.79 Å². The fourth-order valence-corrected chi connectivity index (χ4v) is 3.57.